The number of carbonyl (C=O) groups is 4. The zero-order valence-corrected chi connectivity index (χ0v) is 23.5. The molecule has 0 aliphatic carbocycles. The minimum atomic E-state index is -0.508. The molecule has 1 aliphatic heterocycles. The Morgan fingerprint density at radius 3 is 2.38 bits per heavy atom. The summed E-state index contributed by atoms with van der Waals surface area (Å²) >= 11 is 13.3. The van der Waals surface area contributed by atoms with E-state index < -0.39 is 23.6 Å². The average Bonchev–Trinajstić information content (AvgIpc) is 3.49. The van der Waals surface area contributed by atoms with Gasteiger partial charge in [-0.1, -0.05) is 41.0 Å². The molecular weight excluding hydrogens is 579 g/mol. The Kier molecular flexibility index (Phi) is 10.0. The van der Waals surface area contributed by atoms with Crippen LogP contribution in [0.15, 0.2) is 41.4 Å². The third-order valence-corrected chi connectivity index (χ3v) is 7.38. The molecule has 0 saturated carbocycles. The first kappa shape index (κ1) is 29.4. The molecule has 1 aromatic heterocycles. The molecule has 4 N–H and O–H groups in total. The van der Waals surface area contributed by atoms with Gasteiger partial charge in [0.15, 0.2) is 5.13 Å². The third-order valence-electron chi connectivity index (χ3n) is 5.98. The number of rotatable bonds is 11. The number of amidine groups is 1. The molecule has 3 aromatic rings. The van der Waals surface area contributed by atoms with Crippen LogP contribution in [0, 0.1) is 0 Å². The summed E-state index contributed by atoms with van der Waals surface area (Å²) in [5.74, 6) is -1.47. The van der Waals surface area contributed by atoms with Gasteiger partial charge in [-0.05, 0) is 54.8 Å². The Bertz CT molecular complexity index is 1480. The predicted molar refractivity (Wildman–Crippen MR) is 153 cm³/mol. The lowest BCUT2D eigenvalue weighted by molar-refractivity contribution is -0.138. The molecule has 0 spiro atoms. The molecule has 0 bridgehead atoms. The molecule has 210 valence electrons. The minimum Gasteiger partial charge on any atom is -0.324 e. The van der Waals surface area contributed by atoms with E-state index in [9.17, 15) is 19.2 Å². The van der Waals surface area contributed by atoms with E-state index in [4.69, 9.17) is 28.4 Å². The van der Waals surface area contributed by atoms with Gasteiger partial charge in [0.1, 0.15) is 18.9 Å². The normalized spacial score (nSPS) is 12.0. The number of amides is 4. The zero-order valence-electron chi connectivity index (χ0n) is 21.2. The minimum absolute atomic E-state index is 0.0752. The van der Waals surface area contributed by atoms with Crippen molar-refractivity contribution in [1.82, 2.24) is 20.7 Å². The third kappa shape index (κ3) is 8.21. The molecule has 40 heavy (non-hydrogen) atoms. The van der Waals surface area contributed by atoms with E-state index >= 15 is 0 Å². The van der Waals surface area contributed by atoms with Crippen LogP contribution in [-0.4, -0.2) is 57.6 Å². The lowest BCUT2D eigenvalue weighted by Crippen LogP contribution is -2.45. The van der Waals surface area contributed by atoms with Crippen molar-refractivity contribution in [3.63, 3.8) is 0 Å². The molecule has 0 saturated heterocycles. The van der Waals surface area contributed by atoms with Gasteiger partial charge in [-0.25, -0.2) is 15.5 Å². The second kappa shape index (κ2) is 13.7. The smallest absolute Gasteiger partial charge is 0.245 e. The largest absolute Gasteiger partial charge is 0.324 e. The van der Waals surface area contributed by atoms with Gasteiger partial charge in [0, 0.05) is 29.3 Å². The van der Waals surface area contributed by atoms with Gasteiger partial charge >= 0.3 is 0 Å². The van der Waals surface area contributed by atoms with E-state index in [0.717, 1.165) is 10.3 Å². The maximum Gasteiger partial charge on any atom is 0.245 e. The standard InChI is InChI=1S/C26H26Cl2N6O5S/c27-16-6-8-18-15(10-16)11-21(29-18)31-23(36)13-34(25(38)5-3-1-2-4-22(35)33-39)14-24(37)32-26-30-19-9-7-17(28)12-20(19)40-26/h6-10,12,39H,1-5,11,13-14H2,(H,33,35)(H,29,31,36)(H,30,32,37). The van der Waals surface area contributed by atoms with Gasteiger partial charge in [0.25, 0.3) is 0 Å². The number of anilines is 1. The van der Waals surface area contributed by atoms with Crippen molar-refractivity contribution in [3.8, 4) is 0 Å². The Balaban J connectivity index is 1.37. The summed E-state index contributed by atoms with van der Waals surface area (Å²) in [4.78, 5) is 59.9. The molecule has 2 aromatic carbocycles. The van der Waals surface area contributed by atoms with Crippen LogP contribution in [0.4, 0.5) is 10.8 Å². The number of halogens is 2. The first-order valence-corrected chi connectivity index (χ1v) is 14.0. The van der Waals surface area contributed by atoms with Gasteiger partial charge in [-0.15, -0.1) is 0 Å². The molecule has 4 rings (SSSR count). The first-order chi connectivity index (χ1) is 19.2. The Morgan fingerprint density at radius 1 is 0.900 bits per heavy atom. The van der Waals surface area contributed by atoms with E-state index in [-0.39, 0.29) is 25.9 Å². The van der Waals surface area contributed by atoms with E-state index in [1.54, 1.807) is 41.9 Å². The number of carbonyl (C=O) groups excluding carboxylic acids is 4. The van der Waals surface area contributed by atoms with Crippen molar-refractivity contribution in [1.29, 1.82) is 0 Å². The highest BCUT2D eigenvalue weighted by molar-refractivity contribution is 7.22. The van der Waals surface area contributed by atoms with Crippen molar-refractivity contribution in [2.75, 3.05) is 18.4 Å². The number of hydrogen-bond acceptors (Lipinski definition) is 8. The number of thiazole rings is 1. The van der Waals surface area contributed by atoms with Crippen molar-refractivity contribution >= 4 is 85.0 Å². The molecule has 14 heteroatoms. The fourth-order valence-electron chi connectivity index (χ4n) is 4.08. The molecule has 11 nitrogen and oxygen atoms in total. The van der Waals surface area contributed by atoms with E-state index in [1.807, 2.05) is 0 Å². The summed E-state index contributed by atoms with van der Waals surface area (Å²) in [6, 6.07) is 10.4. The maximum absolute atomic E-state index is 13.0. The number of hydroxylamine groups is 1. The van der Waals surface area contributed by atoms with E-state index in [2.05, 4.69) is 20.6 Å². The molecule has 0 fully saturated rings. The quantitative estimate of drug-likeness (QED) is 0.146. The lowest BCUT2D eigenvalue weighted by Gasteiger charge is -2.21. The number of fused-ring (bicyclic) bond motifs is 2. The van der Waals surface area contributed by atoms with Crippen LogP contribution in [0.2, 0.25) is 10.0 Å². The van der Waals surface area contributed by atoms with Crippen LogP contribution in [-0.2, 0) is 25.6 Å². The summed E-state index contributed by atoms with van der Waals surface area (Å²) in [5.41, 5.74) is 3.82. The number of unbranched alkanes of at least 4 members (excludes halogenated alkanes) is 2. The average molecular weight is 606 g/mol. The second-order valence-corrected chi connectivity index (χ2v) is 11.0. The van der Waals surface area contributed by atoms with Crippen molar-refractivity contribution in [3.05, 3.63) is 52.0 Å². The predicted octanol–water partition coefficient (Wildman–Crippen LogP) is 4.23. The summed E-state index contributed by atoms with van der Waals surface area (Å²) in [5, 5.41) is 15.5. The van der Waals surface area contributed by atoms with Crippen molar-refractivity contribution in [2.24, 2.45) is 4.99 Å². The number of aliphatic imine (C=N–C) groups is 1. The van der Waals surface area contributed by atoms with Crippen LogP contribution in [0.3, 0.4) is 0 Å². The van der Waals surface area contributed by atoms with Crippen molar-refractivity contribution in [2.45, 2.75) is 38.5 Å². The Hall–Kier alpha value is -3.58. The van der Waals surface area contributed by atoms with E-state index in [1.165, 1.54) is 16.2 Å². The fourth-order valence-corrected chi connectivity index (χ4v) is 5.44. The van der Waals surface area contributed by atoms with Gasteiger partial charge in [0.05, 0.1) is 15.9 Å². The number of nitrogens with zero attached hydrogens (tertiary/aromatic N) is 3. The lowest BCUT2D eigenvalue weighted by atomic mass is 10.1. The molecule has 0 unspecified atom stereocenters. The molecule has 2 heterocycles. The van der Waals surface area contributed by atoms with Gasteiger partial charge in [-0.3, -0.25) is 24.4 Å². The molecule has 0 radical (unpaired) electrons. The van der Waals surface area contributed by atoms with Crippen molar-refractivity contribution < 1.29 is 24.4 Å². The molecular formula is C26H26Cl2N6O5S. The highest BCUT2D eigenvalue weighted by atomic mass is 35.5. The maximum atomic E-state index is 13.0. The van der Waals surface area contributed by atoms with Crippen LogP contribution >= 0.6 is 34.5 Å². The monoisotopic (exact) mass is 604 g/mol. The highest BCUT2D eigenvalue weighted by Gasteiger charge is 2.23. The van der Waals surface area contributed by atoms with Crippen LogP contribution in [0.1, 0.15) is 37.7 Å². The first-order valence-electron chi connectivity index (χ1n) is 12.4. The van der Waals surface area contributed by atoms with Crippen LogP contribution in [0.25, 0.3) is 10.2 Å². The Labute approximate surface area is 243 Å². The van der Waals surface area contributed by atoms with Crippen LogP contribution < -0.4 is 16.1 Å². The number of aromatic nitrogens is 1. The topological polar surface area (TPSA) is 153 Å². The zero-order chi connectivity index (χ0) is 28.6. The summed E-state index contributed by atoms with van der Waals surface area (Å²) in [7, 11) is 0. The molecule has 0 atom stereocenters. The second-order valence-electron chi connectivity index (χ2n) is 9.08. The van der Waals surface area contributed by atoms with Gasteiger partial charge < -0.3 is 15.5 Å². The number of nitrogens with one attached hydrogen (secondary N) is 3. The molecule has 1 aliphatic rings. The fraction of sp³-hybridized carbons (Fsp3) is 0.308. The summed E-state index contributed by atoms with van der Waals surface area (Å²) in [6.45, 7) is -0.719. The number of hydrogen-bond donors (Lipinski definition) is 4. The summed E-state index contributed by atoms with van der Waals surface area (Å²) < 4.78 is 0.796. The van der Waals surface area contributed by atoms with E-state index in [0.29, 0.717) is 57.9 Å². The SMILES string of the molecule is O=C(CCCCCC(=O)N(CC(=O)NC1=Nc2ccc(Cl)cc2C1)CC(=O)Nc1nc2ccc(Cl)cc2s1)NO. The van der Waals surface area contributed by atoms with Gasteiger partial charge in [0.2, 0.25) is 23.6 Å². The summed E-state index contributed by atoms with van der Waals surface area (Å²) in [6.07, 6.45) is 2.07. The van der Waals surface area contributed by atoms with Crippen LogP contribution in [0.5, 0.6) is 0 Å². The van der Waals surface area contributed by atoms with Gasteiger partial charge in [-0.2, -0.15) is 0 Å². The highest BCUT2D eigenvalue weighted by Crippen LogP contribution is 2.29. The Morgan fingerprint density at radius 2 is 1.60 bits per heavy atom. The molecule has 4 amide bonds. The number of benzene rings is 2.